The van der Waals surface area contributed by atoms with Gasteiger partial charge in [0.2, 0.25) is 5.54 Å². The zero-order valence-corrected chi connectivity index (χ0v) is 16.6. The third kappa shape index (κ3) is 3.45. The third-order valence-electron chi connectivity index (χ3n) is 5.55. The van der Waals surface area contributed by atoms with Crippen LogP contribution < -0.4 is 5.32 Å². The van der Waals surface area contributed by atoms with Gasteiger partial charge in [0.15, 0.2) is 5.78 Å². The Morgan fingerprint density at radius 3 is 2.47 bits per heavy atom. The van der Waals surface area contributed by atoms with E-state index in [4.69, 9.17) is 0 Å². The van der Waals surface area contributed by atoms with Crippen LogP contribution in [0.4, 0.5) is 17.6 Å². The van der Waals surface area contributed by atoms with Gasteiger partial charge in [-0.05, 0) is 48.7 Å². The van der Waals surface area contributed by atoms with E-state index in [1.807, 2.05) is 0 Å². The van der Waals surface area contributed by atoms with Gasteiger partial charge in [-0.25, -0.2) is 4.39 Å². The molecule has 1 aromatic carbocycles. The minimum Gasteiger partial charge on any atom is -0.326 e. The Kier molecular flexibility index (Phi) is 5.31. The number of benzene rings is 1. The monoisotopic (exact) mass is 447 g/mol. The van der Waals surface area contributed by atoms with Crippen molar-refractivity contribution in [2.24, 2.45) is 0 Å². The van der Waals surface area contributed by atoms with Crippen LogP contribution in [0.25, 0.3) is 0 Å². The van der Waals surface area contributed by atoms with Crippen LogP contribution in [-0.2, 0) is 16.1 Å². The molecule has 1 N–H and O–H groups in total. The number of aromatic nitrogens is 1. The van der Waals surface area contributed by atoms with E-state index in [0.717, 1.165) is 29.2 Å². The fraction of sp³-hybridized carbons (Fsp3) is 0.273. The molecule has 1 aliphatic heterocycles. The molecule has 0 saturated carbocycles. The zero-order valence-electron chi connectivity index (χ0n) is 16.6. The van der Waals surface area contributed by atoms with Gasteiger partial charge >= 0.3 is 6.18 Å². The molecule has 1 atom stereocenters. The van der Waals surface area contributed by atoms with Crippen LogP contribution in [-0.4, -0.2) is 39.2 Å². The number of nitrogens with zero attached hydrogens (tertiary/aromatic N) is 2. The van der Waals surface area contributed by atoms with E-state index < -0.39 is 40.7 Å². The first kappa shape index (κ1) is 21.7. The number of amides is 2. The number of hydrogen-bond acceptors (Lipinski definition) is 4. The summed E-state index contributed by atoms with van der Waals surface area (Å²) < 4.78 is 56.8. The van der Waals surface area contributed by atoms with E-state index >= 15 is 0 Å². The van der Waals surface area contributed by atoms with Crippen molar-refractivity contribution in [1.29, 1.82) is 0 Å². The zero-order chi connectivity index (χ0) is 23.1. The van der Waals surface area contributed by atoms with Gasteiger partial charge in [-0.1, -0.05) is 6.07 Å². The summed E-state index contributed by atoms with van der Waals surface area (Å²) in [6.07, 6.45) is -2.21. The smallest absolute Gasteiger partial charge is 0.326 e. The fourth-order valence-corrected chi connectivity index (χ4v) is 4.09. The minimum atomic E-state index is -5.29. The standard InChI is InChI=1S/C22H17F4N3O3/c23-15-8-6-14(7-9-15)19(31)28-21(22(24,25)26)18-16(4-1-5-17(18)30)29(20(21)32)12-13-3-2-10-27-11-13/h2-3,6-11H,1,4-5,12H2,(H,28,31)/t21-/m1/s1. The van der Waals surface area contributed by atoms with E-state index in [1.165, 1.54) is 12.4 Å². The average Bonchev–Trinajstić information content (AvgIpc) is 2.99. The number of pyridine rings is 1. The summed E-state index contributed by atoms with van der Waals surface area (Å²) >= 11 is 0. The molecule has 166 valence electrons. The van der Waals surface area contributed by atoms with E-state index in [0.29, 0.717) is 5.56 Å². The molecule has 0 fully saturated rings. The summed E-state index contributed by atoms with van der Waals surface area (Å²) in [6.45, 7) is -0.233. The predicted molar refractivity (Wildman–Crippen MR) is 103 cm³/mol. The molecular formula is C22H17F4N3O3. The highest BCUT2D eigenvalue weighted by molar-refractivity contribution is 6.14. The molecule has 10 heteroatoms. The van der Waals surface area contributed by atoms with Gasteiger partial charge in [0, 0.05) is 30.1 Å². The first-order chi connectivity index (χ1) is 15.1. The van der Waals surface area contributed by atoms with E-state index in [1.54, 1.807) is 17.4 Å². The van der Waals surface area contributed by atoms with Gasteiger partial charge in [-0.2, -0.15) is 13.2 Å². The van der Waals surface area contributed by atoms with Crippen molar-refractivity contribution in [2.45, 2.75) is 37.5 Å². The number of hydrogen-bond donors (Lipinski definition) is 1. The molecular weight excluding hydrogens is 430 g/mol. The van der Waals surface area contributed by atoms with Crippen molar-refractivity contribution in [2.75, 3.05) is 0 Å². The Hall–Kier alpha value is -3.56. The maximum absolute atomic E-state index is 14.5. The van der Waals surface area contributed by atoms with E-state index in [2.05, 4.69) is 4.98 Å². The molecule has 0 spiro atoms. The van der Waals surface area contributed by atoms with Crippen LogP contribution in [0.2, 0.25) is 0 Å². The number of halogens is 4. The Labute approximate surface area is 179 Å². The second-order valence-corrected chi connectivity index (χ2v) is 7.56. The summed E-state index contributed by atoms with van der Waals surface area (Å²) in [5.74, 6) is -4.22. The molecule has 2 aromatic rings. The van der Waals surface area contributed by atoms with Crippen molar-refractivity contribution in [3.63, 3.8) is 0 Å². The Morgan fingerprint density at radius 1 is 1.12 bits per heavy atom. The highest BCUT2D eigenvalue weighted by Gasteiger charge is 2.70. The van der Waals surface area contributed by atoms with Crippen molar-refractivity contribution < 1.29 is 31.9 Å². The largest absolute Gasteiger partial charge is 0.425 e. The Bertz CT molecular complexity index is 1110. The lowest BCUT2D eigenvalue weighted by Gasteiger charge is -2.33. The lowest BCUT2D eigenvalue weighted by atomic mass is 9.82. The van der Waals surface area contributed by atoms with Gasteiger partial charge < -0.3 is 10.2 Å². The molecule has 2 heterocycles. The molecule has 0 unspecified atom stereocenters. The average molecular weight is 447 g/mol. The van der Waals surface area contributed by atoms with Crippen LogP contribution in [0.1, 0.15) is 35.2 Å². The third-order valence-corrected chi connectivity index (χ3v) is 5.55. The molecule has 0 bridgehead atoms. The number of carbonyl (C=O) groups is 3. The number of Topliss-reactive ketones (excluding diaryl/α,β-unsaturated/α-hetero) is 1. The van der Waals surface area contributed by atoms with Gasteiger partial charge in [-0.15, -0.1) is 0 Å². The van der Waals surface area contributed by atoms with Crippen LogP contribution in [0.5, 0.6) is 0 Å². The van der Waals surface area contributed by atoms with Crippen LogP contribution in [0.15, 0.2) is 60.1 Å². The minimum absolute atomic E-state index is 0.0492. The molecule has 2 amide bonds. The first-order valence-electron chi connectivity index (χ1n) is 9.77. The number of alkyl halides is 3. The van der Waals surface area contributed by atoms with E-state index in [9.17, 15) is 31.9 Å². The quantitative estimate of drug-likeness (QED) is 0.730. The van der Waals surface area contributed by atoms with Crippen LogP contribution in [0.3, 0.4) is 0 Å². The van der Waals surface area contributed by atoms with Gasteiger partial charge in [0.05, 0.1) is 12.1 Å². The first-order valence-corrected chi connectivity index (χ1v) is 9.77. The lowest BCUT2D eigenvalue weighted by Crippen LogP contribution is -2.66. The predicted octanol–water partition coefficient (Wildman–Crippen LogP) is 3.30. The summed E-state index contributed by atoms with van der Waals surface area (Å²) in [4.78, 5) is 43.5. The number of nitrogens with one attached hydrogen (secondary N) is 1. The van der Waals surface area contributed by atoms with Gasteiger partial charge in [0.25, 0.3) is 11.8 Å². The number of ketones is 1. The lowest BCUT2D eigenvalue weighted by molar-refractivity contribution is -0.190. The number of rotatable bonds is 4. The summed E-state index contributed by atoms with van der Waals surface area (Å²) in [7, 11) is 0. The Balaban J connectivity index is 1.82. The highest BCUT2D eigenvalue weighted by Crippen LogP contribution is 2.48. The normalized spacial score (nSPS) is 21.1. The summed E-state index contributed by atoms with van der Waals surface area (Å²) in [6, 6.07) is 6.99. The van der Waals surface area contributed by atoms with Gasteiger partial charge in [0.1, 0.15) is 5.82 Å². The van der Waals surface area contributed by atoms with Gasteiger partial charge in [-0.3, -0.25) is 19.4 Å². The second kappa shape index (κ2) is 7.85. The molecule has 4 rings (SSSR count). The molecule has 6 nitrogen and oxygen atoms in total. The summed E-state index contributed by atoms with van der Waals surface area (Å²) in [5.41, 5.74) is -4.13. The number of carbonyl (C=O) groups excluding carboxylic acids is 3. The maximum atomic E-state index is 14.5. The molecule has 1 aliphatic carbocycles. The fourth-order valence-electron chi connectivity index (χ4n) is 4.09. The molecule has 0 saturated heterocycles. The highest BCUT2D eigenvalue weighted by atomic mass is 19.4. The van der Waals surface area contributed by atoms with Crippen LogP contribution >= 0.6 is 0 Å². The molecule has 32 heavy (non-hydrogen) atoms. The SMILES string of the molecule is O=C1CCCC2=C1[C@](NC(=O)c1ccc(F)cc1)(C(F)(F)F)C(=O)N2Cc1cccnc1. The van der Waals surface area contributed by atoms with E-state index in [-0.39, 0.29) is 37.1 Å². The Morgan fingerprint density at radius 2 is 1.84 bits per heavy atom. The molecule has 1 aromatic heterocycles. The molecule has 2 aliphatic rings. The van der Waals surface area contributed by atoms with Crippen molar-refractivity contribution in [3.05, 3.63) is 77.0 Å². The second-order valence-electron chi connectivity index (χ2n) is 7.56. The van der Waals surface area contributed by atoms with Crippen molar-refractivity contribution in [1.82, 2.24) is 15.2 Å². The van der Waals surface area contributed by atoms with Crippen molar-refractivity contribution >= 4 is 17.6 Å². The van der Waals surface area contributed by atoms with Crippen molar-refractivity contribution in [3.8, 4) is 0 Å². The summed E-state index contributed by atoms with van der Waals surface area (Å²) in [5, 5.41) is 1.79. The van der Waals surface area contributed by atoms with Crippen LogP contribution in [0, 0.1) is 5.82 Å². The topological polar surface area (TPSA) is 79.4 Å². The number of allylic oxidation sites excluding steroid dienone is 1. The molecule has 0 radical (unpaired) electrons. The maximum Gasteiger partial charge on any atom is 0.425 e.